The van der Waals surface area contributed by atoms with Crippen LogP contribution in [0, 0.1) is 5.82 Å². The molecule has 0 unspecified atom stereocenters. The summed E-state index contributed by atoms with van der Waals surface area (Å²) >= 11 is 0. The van der Waals surface area contributed by atoms with Crippen molar-refractivity contribution in [1.82, 2.24) is 9.62 Å². The molecule has 1 saturated heterocycles. The average Bonchev–Trinajstić information content (AvgIpc) is 2.40. The summed E-state index contributed by atoms with van der Waals surface area (Å²) in [6.07, 6.45) is 0. The zero-order valence-electron chi connectivity index (χ0n) is 10.0. The molecule has 1 aliphatic heterocycles. The Hall–Kier alpha value is -1.18. The first-order valence-corrected chi connectivity index (χ1v) is 7.04. The molecule has 1 aromatic carbocycles. The summed E-state index contributed by atoms with van der Waals surface area (Å²) in [5.74, 6) is -0.636. The van der Waals surface area contributed by atoms with Gasteiger partial charge in [-0.05, 0) is 12.1 Å². The van der Waals surface area contributed by atoms with Crippen molar-refractivity contribution in [3.05, 3.63) is 24.0 Å². The van der Waals surface area contributed by atoms with Crippen LogP contribution in [0.1, 0.15) is 0 Å². The van der Waals surface area contributed by atoms with Crippen molar-refractivity contribution >= 4 is 10.0 Å². The fourth-order valence-corrected chi connectivity index (χ4v) is 3.29. The minimum Gasteiger partial charge on any atom is -0.494 e. The van der Waals surface area contributed by atoms with Gasteiger partial charge in [-0.25, -0.2) is 12.8 Å². The number of benzene rings is 1. The molecule has 0 aliphatic carbocycles. The molecule has 0 amide bonds. The molecule has 18 heavy (non-hydrogen) atoms. The van der Waals surface area contributed by atoms with Crippen molar-refractivity contribution in [3.8, 4) is 5.75 Å². The van der Waals surface area contributed by atoms with Crippen molar-refractivity contribution in [1.29, 1.82) is 0 Å². The number of nitrogens with zero attached hydrogens (tertiary/aromatic N) is 1. The van der Waals surface area contributed by atoms with Gasteiger partial charge in [-0.15, -0.1) is 0 Å². The number of piperazine rings is 1. The Kier molecular flexibility index (Phi) is 3.84. The molecule has 1 heterocycles. The van der Waals surface area contributed by atoms with Gasteiger partial charge >= 0.3 is 0 Å². The van der Waals surface area contributed by atoms with Gasteiger partial charge in [0, 0.05) is 32.2 Å². The lowest BCUT2D eigenvalue weighted by Gasteiger charge is -2.26. The highest BCUT2D eigenvalue weighted by Gasteiger charge is 2.26. The predicted octanol–water partition coefficient (Wildman–Crippen LogP) is 0.428. The average molecular weight is 274 g/mol. The third-order valence-electron chi connectivity index (χ3n) is 2.84. The third-order valence-corrected chi connectivity index (χ3v) is 4.73. The van der Waals surface area contributed by atoms with Crippen LogP contribution in [-0.4, -0.2) is 46.0 Å². The van der Waals surface area contributed by atoms with E-state index in [0.29, 0.717) is 26.2 Å². The maximum absolute atomic E-state index is 13.3. The van der Waals surface area contributed by atoms with Crippen LogP contribution in [0.25, 0.3) is 0 Å². The number of hydrogen-bond donors (Lipinski definition) is 1. The number of methoxy groups -OCH3 is 1. The third kappa shape index (κ3) is 2.47. The second-order valence-electron chi connectivity index (χ2n) is 3.95. The lowest BCUT2D eigenvalue weighted by molar-refractivity contribution is 0.359. The van der Waals surface area contributed by atoms with E-state index >= 15 is 0 Å². The maximum atomic E-state index is 13.3. The molecular formula is C11H15FN2O3S. The second-order valence-corrected chi connectivity index (χ2v) is 5.89. The molecular weight excluding hydrogens is 259 g/mol. The predicted molar refractivity (Wildman–Crippen MR) is 64.6 cm³/mol. The summed E-state index contributed by atoms with van der Waals surface area (Å²) in [6.45, 7) is 2.08. The van der Waals surface area contributed by atoms with Gasteiger partial charge in [0.25, 0.3) is 0 Å². The molecule has 1 aliphatic rings. The first kappa shape index (κ1) is 13.3. The number of sulfonamides is 1. The Balaban J connectivity index is 2.34. The van der Waals surface area contributed by atoms with E-state index in [1.807, 2.05) is 0 Å². The monoisotopic (exact) mass is 274 g/mol. The standard InChI is InChI=1S/C11H15FN2O3S/c1-17-11-8-9(2-3-10(11)12)18(15,16)14-6-4-13-5-7-14/h2-3,8,13H,4-7H2,1H3. The summed E-state index contributed by atoms with van der Waals surface area (Å²) in [4.78, 5) is 0.0580. The van der Waals surface area contributed by atoms with Crippen LogP contribution < -0.4 is 10.1 Å². The maximum Gasteiger partial charge on any atom is 0.243 e. The molecule has 0 radical (unpaired) electrons. The van der Waals surface area contributed by atoms with Crippen molar-refractivity contribution < 1.29 is 17.5 Å². The van der Waals surface area contributed by atoms with E-state index in [0.717, 1.165) is 6.07 Å². The van der Waals surface area contributed by atoms with Crippen LogP contribution in [-0.2, 0) is 10.0 Å². The normalized spacial score (nSPS) is 17.7. The van der Waals surface area contributed by atoms with Crippen LogP contribution in [0.3, 0.4) is 0 Å². The minimum atomic E-state index is -3.56. The SMILES string of the molecule is COc1cc(S(=O)(=O)N2CCNCC2)ccc1F. The van der Waals surface area contributed by atoms with Gasteiger partial charge in [-0.2, -0.15) is 4.31 Å². The Labute approximate surface area is 106 Å². The van der Waals surface area contributed by atoms with Gasteiger partial charge in [-0.3, -0.25) is 0 Å². The summed E-state index contributed by atoms with van der Waals surface area (Å²) in [5, 5.41) is 3.08. The molecule has 1 N–H and O–H groups in total. The molecule has 0 atom stereocenters. The quantitative estimate of drug-likeness (QED) is 0.868. The molecule has 2 rings (SSSR count). The van der Waals surface area contributed by atoms with E-state index in [4.69, 9.17) is 4.74 Å². The first-order chi connectivity index (χ1) is 8.55. The highest BCUT2D eigenvalue weighted by atomic mass is 32.2. The minimum absolute atomic E-state index is 0.0580. The molecule has 0 spiro atoms. The van der Waals surface area contributed by atoms with E-state index < -0.39 is 15.8 Å². The highest BCUT2D eigenvalue weighted by molar-refractivity contribution is 7.89. The van der Waals surface area contributed by atoms with Crippen molar-refractivity contribution in [2.45, 2.75) is 4.90 Å². The molecule has 0 aromatic heterocycles. The molecule has 1 fully saturated rings. The van der Waals surface area contributed by atoms with Crippen LogP contribution in [0.2, 0.25) is 0 Å². The lowest BCUT2D eigenvalue weighted by atomic mass is 10.3. The highest BCUT2D eigenvalue weighted by Crippen LogP contribution is 2.23. The van der Waals surface area contributed by atoms with Crippen molar-refractivity contribution in [2.75, 3.05) is 33.3 Å². The van der Waals surface area contributed by atoms with Gasteiger partial charge in [-0.1, -0.05) is 0 Å². The van der Waals surface area contributed by atoms with Crippen LogP contribution >= 0.6 is 0 Å². The number of halogens is 1. The van der Waals surface area contributed by atoms with Crippen molar-refractivity contribution in [2.24, 2.45) is 0 Å². The lowest BCUT2D eigenvalue weighted by Crippen LogP contribution is -2.46. The molecule has 7 heteroatoms. The van der Waals surface area contributed by atoms with Gasteiger partial charge in [0.05, 0.1) is 12.0 Å². The Morgan fingerprint density at radius 1 is 1.33 bits per heavy atom. The van der Waals surface area contributed by atoms with Crippen LogP contribution in [0.5, 0.6) is 5.75 Å². The van der Waals surface area contributed by atoms with Gasteiger partial charge in [0.1, 0.15) is 0 Å². The number of ether oxygens (including phenoxy) is 1. The topological polar surface area (TPSA) is 58.6 Å². The fraction of sp³-hybridized carbons (Fsp3) is 0.455. The second kappa shape index (κ2) is 5.21. The van der Waals surface area contributed by atoms with E-state index in [1.54, 1.807) is 0 Å². The first-order valence-electron chi connectivity index (χ1n) is 5.60. The Bertz CT molecular complexity index is 527. The van der Waals surface area contributed by atoms with Gasteiger partial charge in [0.15, 0.2) is 11.6 Å². The number of nitrogens with one attached hydrogen (secondary N) is 1. The molecule has 5 nitrogen and oxygen atoms in total. The summed E-state index contributed by atoms with van der Waals surface area (Å²) in [6, 6.07) is 3.58. The zero-order valence-corrected chi connectivity index (χ0v) is 10.8. The van der Waals surface area contributed by atoms with Crippen LogP contribution in [0.15, 0.2) is 23.1 Å². The Morgan fingerprint density at radius 3 is 2.61 bits per heavy atom. The number of rotatable bonds is 3. The molecule has 0 saturated carbocycles. The van der Waals surface area contributed by atoms with Gasteiger partial charge < -0.3 is 10.1 Å². The zero-order chi connectivity index (χ0) is 13.2. The largest absolute Gasteiger partial charge is 0.494 e. The summed E-state index contributed by atoms with van der Waals surface area (Å²) < 4.78 is 44.0. The van der Waals surface area contributed by atoms with E-state index in [9.17, 15) is 12.8 Å². The number of hydrogen-bond acceptors (Lipinski definition) is 4. The molecule has 1 aromatic rings. The smallest absolute Gasteiger partial charge is 0.243 e. The molecule has 100 valence electrons. The fourth-order valence-electron chi connectivity index (χ4n) is 1.83. The van der Waals surface area contributed by atoms with E-state index in [-0.39, 0.29) is 10.6 Å². The van der Waals surface area contributed by atoms with Crippen LogP contribution in [0.4, 0.5) is 4.39 Å². The molecule has 0 bridgehead atoms. The van der Waals surface area contributed by atoms with E-state index in [1.165, 1.54) is 23.5 Å². The van der Waals surface area contributed by atoms with E-state index in [2.05, 4.69) is 5.32 Å². The summed E-state index contributed by atoms with van der Waals surface area (Å²) in [7, 11) is -2.26. The van der Waals surface area contributed by atoms with Gasteiger partial charge in [0.2, 0.25) is 10.0 Å². The Morgan fingerprint density at radius 2 is 2.00 bits per heavy atom. The summed E-state index contributed by atoms with van der Waals surface area (Å²) in [5.41, 5.74) is 0. The van der Waals surface area contributed by atoms with Crippen molar-refractivity contribution in [3.63, 3.8) is 0 Å².